The van der Waals surface area contributed by atoms with Crippen molar-refractivity contribution < 1.29 is 38.1 Å². The zero-order chi connectivity index (χ0) is 36.0. The van der Waals surface area contributed by atoms with Crippen molar-refractivity contribution >= 4 is 56.3 Å². The highest BCUT2D eigenvalue weighted by Crippen LogP contribution is 2.59. The average molecular weight is 710 g/mol. The smallest absolute Gasteiger partial charge is 0.308 e. The van der Waals surface area contributed by atoms with Gasteiger partial charge in [-0.2, -0.15) is 0 Å². The number of thioether (sulfide) groups is 1. The van der Waals surface area contributed by atoms with Crippen molar-refractivity contribution in [2.45, 2.75) is 31.8 Å². The van der Waals surface area contributed by atoms with Crippen LogP contribution in [0.5, 0.6) is 23.0 Å². The Kier molecular flexibility index (Phi) is 8.49. The van der Waals surface area contributed by atoms with Crippen LogP contribution in [0.2, 0.25) is 0 Å². The third-order valence-corrected chi connectivity index (χ3v) is 10.1. The van der Waals surface area contributed by atoms with Gasteiger partial charge in [0.2, 0.25) is 5.12 Å². The van der Waals surface area contributed by atoms with E-state index in [4.69, 9.17) is 18.9 Å². The normalized spacial score (nSPS) is 13.5. The van der Waals surface area contributed by atoms with Crippen molar-refractivity contribution in [3.05, 3.63) is 143 Å². The number of benzene rings is 6. The molecule has 0 unspecified atom stereocenters. The molecule has 258 valence electrons. The van der Waals surface area contributed by atoms with Crippen LogP contribution >= 0.6 is 11.8 Å². The van der Waals surface area contributed by atoms with Crippen LogP contribution in [0.4, 0.5) is 0 Å². The lowest BCUT2D eigenvalue weighted by Gasteiger charge is -2.38. The maximum absolute atomic E-state index is 13.3. The third-order valence-electron chi connectivity index (χ3n) is 9.20. The molecule has 1 spiro atoms. The fraction of sp³-hybridized carbons (Fsp3) is 0.143. The quantitative estimate of drug-likeness (QED) is 0.130. The maximum atomic E-state index is 13.3. The summed E-state index contributed by atoms with van der Waals surface area (Å²) >= 11 is 1.17. The molecule has 6 aromatic carbocycles. The van der Waals surface area contributed by atoms with Gasteiger partial charge in [-0.05, 0) is 76.0 Å². The first-order valence-electron chi connectivity index (χ1n) is 16.6. The molecule has 0 aliphatic carbocycles. The molecule has 52 heavy (non-hydrogen) atoms. The molecular weight excluding hydrogens is 679 g/mol. The molecule has 6 aromatic rings. The van der Waals surface area contributed by atoms with Crippen LogP contribution in [0, 0.1) is 0 Å². The van der Waals surface area contributed by atoms with Gasteiger partial charge in [0.25, 0.3) is 5.91 Å². The highest BCUT2D eigenvalue weighted by Gasteiger charge is 2.50. The minimum atomic E-state index is -1.09. The van der Waals surface area contributed by atoms with Crippen LogP contribution in [0.3, 0.4) is 0 Å². The number of amides is 1. The van der Waals surface area contributed by atoms with Crippen molar-refractivity contribution in [1.82, 2.24) is 5.32 Å². The van der Waals surface area contributed by atoms with Gasteiger partial charge in [-0.15, -0.1) is 0 Å². The molecule has 2 aliphatic heterocycles. The van der Waals surface area contributed by atoms with Crippen molar-refractivity contribution in [1.29, 1.82) is 0 Å². The Morgan fingerprint density at radius 1 is 0.712 bits per heavy atom. The van der Waals surface area contributed by atoms with Gasteiger partial charge in [-0.25, -0.2) is 0 Å². The van der Waals surface area contributed by atoms with E-state index in [-0.39, 0.29) is 24.2 Å². The van der Waals surface area contributed by atoms with Crippen LogP contribution < -0.4 is 19.5 Å². The number of rotatable bonds is 7. The predicted octanol–water partition coefficient (Wildman–Crippen LogP) is 7.96. The van der Waals surface area contributed by atoms with E-state index >= 15 is 0 Å². The fourth-order valence-electron chi connectivity index (χ4n) is 6.99. The van der Waals surface area contributed by atoms with Gasteiger partial charge in [0.15, 0.2) is 5.60 Å². The van der Waals surface area contributed by atoms with Crippen molar-refractivity contribution in [2.75, 3.05) is 6.54 Å². The average Bonchev–Trinajstić information content (AvgIpc) is 3.51. The molecule has 0 bridgehead atoms. The highest BCUT2D eigenvalue weighted by molar-refractivity contribution is 8.13. The minimum absolute atomic E-state index is 0.0928. The summed E-state index contributed by atoms with van der Waals surface area (Å²) in [5, 5.41) is 5.82. The molecule has 0 saturated heterocycles. The lowest BCUT2D eigenvalue weighted by Crippen LogP contribution is -2.32. The molecule has 9 nitrogen and oxygen atoms in total. The molecule has 2 aliphatic rings. The Morgan fingerprint density at radius 3 is 1.90 bits per heavy atom. The first kappa shape index (κ1) is 33.2. The Balaban J connectivity index is 1.17. The Hall–Kier alpha value is -5.97. The second-order valence-electron chi connectivity index (χ2n) is 12.6. The fourth-order valence-corrected chi connectivity index (χ4v) is 7.68. The summed E-state index contributed by atoms with van der Waals surface area (Å²) in [7, 11) is 0. The number of ether oxygens (including phenoxy) is 4. The summed E-state index contributed by atoms with van der Waals surface area (Å²) in [5.74, 6) is 1.34. The van der Waals surface area contributed by atoms with E-state index in [0.717, 1.165) is 49.4 Å². The molecule has 10 heteroatoms. The zero-order valence-corrected chi connectivity index (χ0v) is 29.0. The van der Waals surface area contributed by atoms with Crippen LogP contribution in [0.25, 0.3) is 21.5 Å². The summed E-state index contributed by atoms with van der Waals surface area (Å²) in [6, 6.07) is 33.7. The van der Waals surface area contributed by atoms with Gasteiger partial charge < -0.3 is 24.3 Å². The van der Waals surface area contributed by atoms with E-state index in [1.807, 2.05) is 78.9 Å². The summed E-state index contributed by atoms with van der Waals surface area (Å²) in [5.41, 5.74) is 3.60. The molecular formula is C42H31NO8S. The van der Waals surface area contributed by atoms with Crippen molar-refractivity contribution in [3.8, 4) is 23.0 Å². The number of esters is 2. The summed E-state index contributed by atoms with van der Waals surface area (Å²) in [4.78, 5) is 49.2. The van der Waals surface area contributed by atoms with E-state index < -0.39 is 17.5 Å². The number of nitrogens with one attached hydrogen (secondary N) is 1. The predicted molar refractivity (Wildman–Crippen MR) is 197 cm³/mol. The maximum Gasteiger partial charge on any atom is 0.308 e. The van der Waals surface area contributed by atoms with Gasteiger partial charge in [0, 0.05) is 47.1 Å². The molecule has 1 N–H and O–H groups in total. The Labute approximate surface area is 302 Å². The van der Waals surface area contributed by atoms with Gasteiger partial charge >= 0.3 is 11.9 Å². The van der Waals surface area contributed by atoms with Crippen LogP contribution in [-0.4, -0.2) is 29.5 Å². The number of fused-ring (bicyclic) bond motifs is 10. The number of hydrogen-bond acceptors (Lipinski definition) is 9. The number of hydrogen-bond donors (Lipinski definition) is 1. The van der Waals surface area contributed by atoms with Gasteiger partial charge in [0.05, 0.1) is 13.2 Å². The van der Waals surface area contributed by atoms with Crippen LogP contribution in [0.1, 0.15) is 52.0 Å². The largest absolute Gasteiger partial charge is 0.455 e. The molecule has 0 radical (unpaired) electrons. The first-order chi connectivity index (χ1) is 25.2. The monoisotopic (exact) mass is 709 g/mol. The molecule has 0 saturated carbocycles. The lowest BCUT2D eigenvalue weighted by molar-refractivity contribution is -0.132. The second kappa shape index (κ2) is 13.3. The molecule has 1 amide bonds. The van der Waals surface area contributed by atoms with Gasteiger partial charge in [0.1, 0.15) is 23.0 Å². The summed E-state index contributed by atoms with van der Waals surface area (Å²) in [6.07, 6.45) is 0. The van der Waals surface area contributed by atoms with E-state index in [1.165, 1.54) is 25.6 Å². The molecule has 0 fully saturated rings. The Bertz CT molecular complexity index is 2350. The molecule has 2 heterocycles. The summed E-state index contributed by atoms with van der Waals surface area (Å²) < 4.78 is 24.4. The first-order valence-corrected chi connectivity index (χ1v) is 17.6. The zero-order valence-electron chi connectivity index (χ0n) is 28.2. The summed E-state index contributed by atoms with van der Waals surface area (Å²) in [6.45, 7) is 2.83. The third kappa shape index (κ3) is 5.95. The van der Waals surface area contributed by atoms with Gasteiger partial charge in [-0.3, -0.25) is 19.2 Å². The van der Waals surface area contributed by atoms with Crippen LogP contribution in [-0.2, 0) is 37.1 Å². The lowest BCUT2D eigenvalue weighted by atomic mass is 9.76. The number of carbonyl (C=O) groups is 4. The van der Waals surface area contributed by atoms with E-state index in [1.54, 1.807) is 30.3 Å². The minimum Gasteiger partial charge on any atom is -0.455 e. The molecule has 0 atom stereocenters. The van der Waals surface area contributed by atoms with Gasteiger partial charge in [-0.1, -0.05) is 72.4 Å². The molecule has 0 aromatic heterocycles. The van der Waals surface area contributed by atoms with Crippen LogP contribution in [0.15, 0.2) is 109 Å². The highest BCUT2D eigenvalue weighted by atomic mass is 32.2. The Morgan fingerprint density at radius 2 is 1.31 bits per heavy atom. The van der Waals surface area contributed by atoms with E-state index in [0.29, 0.717) is 34.3 Å². The SMILES string of the molecule is CC(=O)Oc1ccc2c3c(ccc2c1)C1(OCc2cc(C(=O)NCC(=O)SCc4ccccc4)ccc21)c1ccc2cc(OC(C)=O)ccc2c1O3. The number of carbonyl (C=O) groups excluding carboxylic acids is 4. The topological polar surface area (TPSA) is 117 Å². The standard InChI is InChI=1S/C42H31NO8S/c1-24(44)49-31-11-13-33-27(19-31)8-16-36-39(33)51-40-34-14-12-32(50-25(2)45)20-28(34)9-17-37(40)42(36)35-15-10-29(18-30(35)22-48-42)41(47)43-21-38(46)52-23-26-6-4-3-5-7-26/h3-20H,21-23H2,1-2H3,(H,43,47). The van der Waals surface area contributed by atoms with E-state index in [2.05, 4.69) is 5.32 Å². The van der Waals surface area contributed by atoms with Crippen molar-refractivity contribution in [2.24, 2.45) is 0 Å². The van der Waals surface area contributed by atoms with E-state index in [9.17, 15) is 19.2 Å². The van der Waals surface area contributed by atoms with Crippen molar-refractivity contribution in [3.63, 3.8) is 0 Å². The molecule has 8 rings (SSSR count). The second-order valence-corrected chi connectivity index (χ2v) is 13.6.